The molecule has 0 bridgehead atoms. The second-order valence-corrected chi connectivity index (χ2v) is 3.96. The highest BCUT2D eigenvalue weighted by Crippen LogP contribution is 2.28. The zero-order valence-electron chi connectivity index (χ0n) is 11.4. The van der Waals surface area contributed by atoms with Gasteiger partial charge < -0.3 is 4.74 Å². The number of anilines is 1. The molecule has 0 aromatic heterocycles. The van der Waals surface area contributed by atoms with Crippen molar-refractivity contribution >= 4 is 28.9 Å². The van der Waals surface area contributed by atoms with Gasteiger partial charge in [-0.1, -0.05) is 0 Å². The number of nitrogens with one attached hydrogen (secondary N) is 2. The topological polar surface area (TPSA) is 154 Å². The molecule has 22 heavy (non-hydrogen) atoms. The number of carbonyl (C=O) groups is 2. The van der Waals surface area contributed by atoms with E-state index >= 15 is 0 Å². The molecule has 11 heteroatoms. The number of amides is 1. The molecule has 1 aromatic carbocycles. The van der Waals surface area contributed by atoms with Crippen LogP contribution < -0.4 is 10.9 Å². The normalized spacial score (nSPS) is 9.68. The van der Waals surface area contributed by atoms with Crippen LogP contribution in [-0.4, -0.2) is 28.8 Å². The Kier molecular flexibility index (Phi) is 5.75. The van der Waals surface area contributed by atoms with E-state index in [1.165, 1.54) is 7.11 Å². The summed E-state index contributed by atoms with van der Waals surface area (Å²) in [5.41, 5.74) is 3.30. The Morgan fingerprint density at radius 2 is 1.86 bits per heavy atom. The molecule has 0 atom stereocenters. The predicted octanol–water partition coefficient (Wildman–Crippen LogP) is 0.899. The minimum Gasteiger partial charge on any atom is -0.469 e. The lowest BCUT2D eigenvalue weighted by atomic mass is 10.2. The molecular weight excluding hydrogens is 300 g/mol. The van der Waals surface area contributed by atoms with Gasteiger partial charge in [-0.25, -0.2) is 0 Å². The Labute approximate surface area is 123 Å². The van der Waals surface area contributed by atoms with E-state index < -0.39 is 33.1 Å². The monoisotopic (exact) mass is 312 g/mol. The van der Waals surface area contributed by atoms with Crippen molar-refractivity contribution in [2.45, 2.75) is 12.8 Å². The van der Waals surface area contributed by atoms with Crippen LogP contribution in [0.2, 0.25) is 0 Å². The fourth-order valence-corrected chi connectivity index (χ4v) is 1.41. The van der Waals surface area contributed by atoms with Crippen LogP contribution in [0.4, 0.5) is 17.1 Å². The first-order valence-electron chi connectivity index (χ1n) is 5.89. The summed E-state index contributed by atoms with van der Waals surface area (Å²) in [7, 11) is 1.18. The zero-order chi connectivity index (χ0) is 16.7. The molecule has 0 radical (unpaired) electrons. The van der Waals surface area contributed by atoms with Crippen LogP contribution in [0.15, 0.2) is 18.2 Å². The molecule has 0 aliphatic carbocycles. The van der Waals surface area contributed by atoms with Crippen molar-refractivity contribution in [3.63, 3.8) is 0 Å². The van der Waals surface area contributed by atoms with Crippen LogP contribution in [0.1, 0.15) is 12.8 Å². The average molecular weight is 312 g/mol. The number of rotatable bonds is 7. The summed E-state index contributed by atoms with van der Waals surface area (Å²) >= 11 is 0. The van der Waals surface area contributed by atoms with E-state index in [4.69, 9.17) is 0 Å². The smallest absolute Gasteiger partial charge is 0.306 e. The number of nitro benzene ring substituents is 2. The SMILES string of the molecule is COC(=O)CCC(=O)NNc1ccc([N+](=O)[O-])cc1[N+](=O)[O-]. The number of hydrogen-bond donors (Lipinski definition) is 2. The Bertz CT molecular complexity index is 616. The van der Waals surface area contributed by atoms with Crippen LogP contribution in [0.5, 0.6) is 0 Å². The predicted molar refractivity (Wildman–Crippen MR) is 72.8 cm³/mol. The van der Waals surface area contributed by atoms with E-state index in [-0.39, 0.29) is 18.5 Å². The van der Waals surface area contributed by atoms with Crippen molar-refractivity contribution in [1.82, 2.24) is 5.43 Å². The Hall–Kier alpha value is -3.24. The van der Waals surface area contributed by atoms with E-state index in [1.807, 2.05) is 0 Å². The molecule has 0 aliphatic rings. The second kappa shape index (κ2) is 7.52. The maximum Gasteiger partial charge on any atom is 0.306 e. The molecule has 1 aromatic rings. The second-order valence-electron chi connectivity index (χ2n) is 3.96. The highest BCUT2D eigenvalue weighted by Gasteiger charge is 2.19. The van der Waals surface area contributed by atoms with Gasteiger partial charge in [0.1, 0.15) is 5.69 Å². The van der Waals surface area contributed by atoms with Crippen molar-refractivity contribution in [3.8, 4) is 0 Å². The lowest BCUT2D eigenvalue weighted by Gasteiger charge is -2.08. The number of ether oxygens (including phenoxy) is 1. The molecule has 0 unspecified atom stereocenters. The highest BCUT2D eigenvalue weighted by atomic mass is 16.6. The largest absolute Gasteiger partial charge is 0.469 e. The number of methoxy groups -OCH3 is 1. The molecule has 0 fully saturated rings. The Morgan fingerprint density at radius 3 is 2.41 bits per heavy atom. The molecule has 1 amide bonds. The van der Waals surface area contributed by atoms with E-state index in [9.17, 15) is 29.8 Å². The average Bonchev–Trinajstić information content (AvgIpc) is 2.49. The number of benzene rings is 1. The van der Waals surface area contributed by atoms with Gasteiger partial charge in [-0.15, -0.1) is 0 Å². The summed E-state index contributed by atoms with van der Waals surface area (Å²) in [6.07, 6.45) is -0.327. The highest BCUT2D eigenvalue weighted by molar-refractivity contribution is 5.82. The van der Waals surface area contributed by atoms with Gasteiger partial charge in [-0.3, -0.25) is 40.7 Å². The van der Waals surface area contributed by atoms with Crippen molar-refractivity contribution in [3.05, 3.63) is 38.4 Å². The first-order chi connectivity index (χ1) is 10.3. The van der Waals surface area contributed by atoms with Gasteiger partial charge >= 0.3 is 11.7 Å². The summed E-state index contributed by atoms with van der Waals surface area (Å²) in [5.74, 6) is -1.17. The van der Waals surface area contributed by atoms with Crippen molar-refractivity contribution < 1.29 is 24.2 Å². The summed E-state index contributed by atoms with van der Waals surface area (Å²) in [4.78, 5) is 42.1. The molecule has 0 aliphatic heterocycles. The minimum atomic E-state index is -0.823. The van der Waals surface area contributed by atoms with E-state index in [0.29, 0.717) is 0 Å². The van der Waals surface area contributed by atoms with Gasteiger partial charge in [0.25, 0.3) is 5.69 Å². The van der Waals surface area contributed by atoms with E-state index in [2.05, 4.69) is 15.6 Å². The number of nitro groups is 2. The third-order valence-electron chi connectivity index (χ3n) is 2.51. The molecule has 2 N–H and O–H groups in total. The zero-order valence-corrected chi connectivity index (χ0v) is 11.4. The standard InChI is InChI=1S/C11H12N4O7/c1-22-11(17)5-4-10(16)13-12-8-3-2-7(14(18)19)6-9(8)15(20)21/h2-3,6,12H,4-5H2,1H3,(H,13,16). The maximum atomic E-state index is 11.4. The molecule has 0 spiro atoms. The lowest BCUT2D eigenvalue weighted by Crippen LogP contribution is -2.30. The number of nitrogens with zero attached hydrogens (tertiary/aromatic N) is 2. The van der Waals surface area contributed by atoms with Gasteiger partial charge in [0, 0.05) is 12.5 Å². The number of hydrazine groups is 1. The van der Waals surface area contributed by atoms with Gasteiger partial charge in [-0.05, 0) is 6.07 Å². The molecule has 11 nitrogen and oxygen atoms in total. The van der Waals surface area contributed by atoms with Crippen molar-refractivity contribution in [2.24, 2.45) is 0 Å². The molecule has 0 saturated heterocycles. The lowest BCUT2D eigenvalue weighted by molar-refractivity contribution is -0.393. The van der Waals surface area contributed by atoms with Gasteiger partial charge in [-0.2, -0.15) is 0 Å². The maximum absolute atomic E-state index is 11.4. The third kappa shape index (κ3) is 4.70. The Balaban J connectivity index is 2.73. The van der Waals surface area contributed by atoms with Crippen LogP contribution >= 0.6 is 0 Å². The fourth-order valence-electron chi connectivity index (χ4n) is 1.41. The van der Waals surface area contributed by atoms with Crippen LogP contribution in [0, 0.1) is 20.2 Å². The number of hydrogen-bond acceptors (Lipinski definition) is 8. The first-order valence-corrected chi connectivity index (χ1v) is 5.89. The number of carbonyl (C=O) groups excluding carboxylic acids is 2. The summed E-state index contributed by atoms with van der Waals surface area (Å²) in [6.45, 7) is 0. The number of non-ortho nitro benzene ring substituents is 1. The molecule has 118 valence electrons. The molecule has 1 rings (SSSR count). The summed E-state index contributed by atoms with van der Waals surface area (Å²) < 4.78 is 4.36. The van der Waals surface area contributed by atoms with Gasteiger partial charge in [0.2, 0.25) is 5.91 Å². The number of esters is 1. The quantitative estimate of drug-likeness (QED) is 0.427. The molecular formula is C11H12N4O7. The van der Waals surface area contributed by atoms with Crippen LogP contribution in [-0.2, 0) is 14.3 Å². The minimum absolute atomic E-state index is 0.123. The van der Waals surface area contributed by atoms with Crippen LogP contribution in [0.25, 0.3) is 0 Å². The summed E-state index contributed by atoms with van der Waals surface area (Å²) in [6, 6.07) is 2.91. The summed E-state index contributed by atoms with van der Waals surface area (Å²) in [5, 5.41) is 21.4. The Morgan fingerprint density at radius 1 is 1.18 bits per heavy atom. The van der Waals surface area contributed by atoms with E-state index in [1.54, 1.807) is 0 Å². The third-order valence-corrected chi connectivity index (χ3v) is 2.51. The first kappa shape index (κ1) is 16.8. The molecule has 0 saturated carbocycles. The van der Waals surface area contributed by atoms with Gasteiger partial charge in [0.05, 0.1) is 29.4 Å². The van der Waals surface area contributed by atoms with E-state index in [0.717, 1.165) is 18.2 Å². The van der Waals surface area contributed by atoms with Crippen LogP contribution in [0.3, 0.4) is 0 Å². The van der Waals surface area contributed by atoms with Crippen molar-refractivity contribution in [1.29, 1.82) is 0 Å². The van der Waals surface area contributed by atoms with Gasteiger partial charge in [0.15, 0.2) is 0 Å². The fraction of sp³-hybridized carbons (Fsp3) is 0.273. The van der Waals surface area contributed by atoms with Crippen molar-refractivity contribution in [2.75, 3.05) is 12.5 Å². The molecule has 0 heterocycles.